The molecule has 0 saturated carbocycles. The van der Waals surface area contributed by atoms with Crippen LogP contribution in [-0.4, -0.2) is 18.3 Å². The van der Waals surface area contributed by atoms with Gasteiger partial charge in [0.15, 0.2) is 11.6 Å². The highest BCUT2D eigenvalue weighted by Gasteiger charge is 2.16. The molecule has 0 saturated heterocycles. The van der Waals surface area contributed by atoms with Crippen LogP contribution in [0.15, 0.2) is 65.2 Å². The van der Waals surface area contributed by atoms with Gasteiger partial charge in [-0.2, -0.15) is 0 Å². The lowest BCUT2D eigenvalue weighted by Gasteiger charge is -2.10. The molecule has 7 nitrogen and oxygen atoms in total. The van der Waals surface area contributed by atoms with Gasteiger partial charge in [-0.1, -0.05) is 29.4 Å². The fourth-order valence-corrected chi connectivity index (χ4v) is 3.20. The second-order valence-electron chi connectivity index (χ2n) is 6.61. The molecule has 0 atom stereocenters. The van der Waals surface area contributed by atoms with Crippen LogP contribution in [0.4, 0.5) is 22.0 Å². The molecule has 0 aliphatic heterocycles. The van der Waals surface area contributed by atoms with Gasteiger partial charge in [-0.15, -0.1) is 0 Å². The van der Waals surface area contributed by atoms with Crippen molar-refractivity contribution in [2.75, 3.05) is 23.5 Å². The zero-order valence-corrected chi connectivity index (χ0v) is 16.0. The third kappa shape index (κ3) is 3.70. The summed E-state index contributed by atoms with van der Waals surface area (Å²) in [5, 5.41) is 10.2. The minimum absolute atomic E-state index is 0.300. The number of aromatic nitrogens is 1. The van der Waals surface area contributed by atoms with Crippen LogP contribution in [0.3, 0.4) is 0 Å². The Balaban J connectivity index is 1.55. The first kappa shape index (κ1) is 18.4. The number of hydrogen-bond acceptors (Lipinski definition) is 5. The molecule has 0 spiro atoms. The molecule has 0 aliphatic carbocycles. The normalized spacial score (nSPS) is 10.7. The lowest BCUT2D eigenvalue weighted by atomic mass is 10.0. The van der Waals surface area contributed by atoms with Crippen molar-refractivity contribution in [1.82, 2.24) is 5.16 Å². The number of amides is 2. The zero-order valence-electron chi connectivity index (χ0n) is 16.0. The number of methoxy groups -OCH3 is 1. The smallest absolute Gasteiger partial charge is 0.323 e. The Kier molecular flexibility index (Phi) is 4.78. The standard InChI is InChI=1S/C22H20N4O3/c1-13-4-3-5-16(12-13)25-22(27)24-15-8-6-14(7-9-15)17-10-11-18(28-2)20-19(17)21(23)26-29-20/h3-12H,1-2H3,(H2,23,26)(H2,24,25,27). The van der Waals surface area contributed by atoms with Gasteiger partial charge in [0.25, 0.3) is 0 Å². The highest BCUT2D eigenvalue weighted by atomic mass is 16.5. The van der Waals surface area contributed by atoms with Crippen LogP contribution in [0.1, 0.15) is 5.56 Å². The Labute approximate surface area is 167 Å². The summed E-state index contributed by atoms with van der Waals surface area (Å²) in [6, 6.07) is 18.5. The van der Waals surface area contributed by atoms with E-state index >= 15 is 0 Å². The molecule has 4 N–H and O–H groups in total. The van der Waals surface area contributed by atoms with E-state index in [-0.39, 0.29) is 6.03 Å². The van der Waals surface area contributed by atoms with Crippen molar-refractivity contribution in [2.45, 2.75) is 6.92 Å². The summed E-state index contributed by atoms with van der Waals surface area (Å²) >= 11 is 0. The monoisotopic (exact) mass is 388 g/mol. The van der Waals surface area contributed by atoms with Crippen LogP contribution in [0, 0.1) is 6.92 Å². The van der Waals surface area contributed by atoms with Crippen molar-refractivity contribution in [2.24, 2.45) is 0 Å². The molecule has 4 aromatic rings. The Morgan fingerprint density at radius 3 is 2.52 bits per heavy atom. The van der Waals surface area contributed by atoms with Gasteiger partial charge in [0.05, 0.1) is 12.5 Å². The molecular formula is C22H20N4O3. The van der Waals surface area contributed by atoms with E-state index in [0.717, 1.165) is 22.4 Å². The Hall–Kier alpha value is -4.00. The van der Waals surface area contributed by atoms with Crippen LogP contribution < -0.4 is 21.1 Å². The van der Waals surface area contributed by atoms with Gasteiger partial charge in [0, 0.05) is 11.4 Å². The van der Waals surface area contributed by atoms with Crippen molar-refractivity contribution in [3.8, 4) is 16.9 Å². The number of benzene rings is 3. The Morgan fingerprint density at radius 2 is 1.79 bits per heavy atom. The van der Waals surface area contributed by atoms with Crippen LogP contribution in [0.5, 0.6) is 5.75 Å². The van der Waals surface area contributed by atoms with E-state index in [4.69, 9.17) is 15.0 Å². The molecule has 0 fully saturated rings. The van der Waals surface area contributed by atoms with Crippen LogP contribution in [0.2, 0.25) is 0 Å². The summed E-state index contributed by atoms with van der Waals surface area (Å²) in [5.41, 5.74) is 10.8. The van der Waals surface area contributed by atoms with E-state index in [2.05, 4.69) is 15.8 Å². The summed E-state index contributed by atoms with van der Waals surface area (Å²) in [6.07, 6.45) is 0. The van der Waals surface area contributed by atoms with Gasteiger partial charge in [-0.05, 0) is 60.0 Å². The summed E-state index contributed by atoms with van der Waals surface area (Å²) in [4.78, 5) is 12.2. The molecule has 3 aromatic carbocycles. The maximum Gasteiger partial charge on any atom is 0.323 e. The van der Waals surface area contributed by atoms with Gasteiger partial charge >= 0.3 is 6.03 Å². The lowest BCUT2D eigenvalue weighted by molar-refractivity contribution is 0.262. The van der Waals surface area contributed by atoms with Crippen molar-refractivity contribution in [3.05, 3.63) is 66.2 Å². The molecule has 4 rings (SSSR count). The van der Waals surface area contributed by atoms with E-state index in [9.17, 15) is 4.79 Å². The van der Waals surface area contributed by atoms with Crippen LogP contribution in [-0.2, 0) is 0 Å². The maximum absolute atomic E-state index is 12.2. The van der Waals surface area contributed by atoms with E-state index in [1.807, 2.05) is 67.6 Å². The topological polar surface area (TPSA) is 102 Å². The van der Waals surface area contributed by atoms with E-state index in [1.165, 1.54) is 0 Å². The number of nitrogens with one attached hydrogen (secondary N) is 2. The predicted molar refractivity (Wildman–Crippen MR) is 114 cm³/mol. The minimum Gasteiger partial charge on any atom is -0.493 e. The van der Waals surface area contributed by atoms with E-state index in [0.29, 0.717) is 28.2 Å². The third-order valence-electron chi connectivity index (χ3n) is 4.56. The first-order chi connectivity index (χ1) is 14.0. The summed E-state index contributed by atoms with van der Waals surface area (Å²) in [7, 11) is 1.56. The summed E-state index contributed by atoms with van der Waals surface area (Å²) < 4.78 is 10.6. The first-order valence-corrected chi connectivity index (χ1v) is 9.02. The minimum atomic E-state index is -0.307. The van der Waals surface area contributed by atoms with Gasteiger partial charge in [0.1, 0.15) is 0 Å². The average Bonchev–Trinajstić information content (AvgIpc) is 3.10. The second-order valence-corrected chi connectivity index (χ2v) is 6.61. The molecule has 29 heavy (non-hydrogen) atoms. The Morgan fingerprint density at radius 1 is 1.03 bits per heavy atom. The number of aryl methyl sites for hydroxylation is 1. The SMILES string of the molecule is COc1ccc(-c2ccc(NC(=O)Nc3cccc(C)c3)cc2)c2c(N)noc12. The molecule has 0 unspecified atom stereocenters. The molecule has 1 heterocycles. The first-order valence-electron chi connectivity index (χ1n) is 9.02. The highest BCUT2D eigenvalue weighted by Crippen LogP contribution is 2.37. The summed E-state index contributed by atoms with van der Waals surface area (Å²) in [6.45, 7) is 1.97. The molecule has 7 heteroatoms. The van der Waals surface area contributed by atoms with Gasteiger partial charge in [-0.25, -0.2) is 4.79 Å². The fourth-order valence-electron chi connectivity index (χ4n) is 3.20. The lowest BCUT2D eigenvalue weighted by Crippen LogP contribution is -2.19. The van der Waals surface area contributed by atoms with Gasteiger partial charge in [-0.3, -0.25) is 0 Å². The Bertz CT molecular complexity index is 1180. The number of fused-ring (bicyclic) bond motifs is 1. The largest absolute Gasteiger partial charge is 0.493 e. The van der Waals surface area contributed by atoms with Gasteiger partial charge < -0.3 is 25.6 Å². The molecular weight excluding hydrogens is 368 g/mol. The molecule has 146 valence electrons. The number of nitrogens with zero attached hydrogens (tertiary/aromatic N) is 1. The highest BCUT2D eigenvalue weighted by molar-refractivity contribution is 6.03. The van der Waals surface area contributed by atoms with E-state index < -0.39 is 0 Å². The van der Waals surface area contributed by atoms with Crippen LogP contribution in [0.25, 0.3) is 22.1 Å². The predicted octanol–water partition coefficient (Wildman–Crippen LogP) is 5.04. The molecule has 0 bridgehead atoms. The van der Waals surface area contributed by atoms with Crippen molar-refractivity contribution < 1.29 is 14.1 Å². The third-order valence-corrected chi connectivity index (χ3v) is 4.56. The number of hydrogen-bond donors (Lipinski definition) is 3. The number of nitrogens with two attached hydrogens (primary N) is 1. The number of urea groups is 1. The van der Waals surface area contributed by atoms with Crippen molar-refractivity contribution in [1.29, 1.82) is 0 Å². The van der Waals surface area contributed by atoms with Crippen LogP contribution >= 0.6 is 0 Å². The number of ether oxygens (including phenoxy) is 1. The van der Waals surface area contributed by atoms with Gasteiger partial charge in [0.2, 0.25) is 5.58 Å². The number of anilines is 3. The fraction of sp³-hybridized carbons (Fsp3) is 0.0909. The quantitative estimate of drug-likeness (QED) is 0.455. The molecule has 0 radical (unpaired) electrons. The number of rotatable bonds is 4. The zero-order chi connectivity index (χ0) is 20.4. The summed E-state index contributed by atoms with van der Waals surface area (Å²) in [5.74, 6) is 0.868. The molecule has 0 aliphatic rings. The number of carbonyl (C=O) groups excluding carboxylic acids is 1. The van der Waals surface area contributed by atoms with Crippen molar-refractivity contribution >= 4 is 34.2 Å². The van der Waals surface area contributed by atoms with E-state index in [1.54, 1.807) is 7.11 Å². The number of nitrogen functional groups attached to an aromatic ring is 1. The molecule has 2 amide bonds. The average molecular weight is 388 g/mol. The maximum atomic E-state index is 12.2. The molecule has 1 aromatic heterocycles. The second kappa shape index (κ2) is 7.55. The van der Waals surface area contributed by atoms with Crippen molar-refractivity contribution in [3.63, 3.8) is 0 Å². The number of carbonyl (C=O) groups is 1.